The number of nitrogens with zero attached hydrogens (tertiary/aromatic N) is 1. The van der Waals surface area contributed by atoms with Crippen molar-refractivity contribution in [1.29, 1.82) is 0 Å². The Hall–Kier alpha value is -4.06. The molecule has 0 fully saturated rings. The molecule has 0 aliphatic heterocycles. The summed E-state index contributed by atoms with van der Waals surface area (Å²) < 4.78 is 13.0. The molecule has 0 aromatic heterocycles. The molecular weight excluding hydrogens is 381 g/mol. The predicted molar refractivity (Wildman–Crippen MR) is 117 cm³/mol. The van der Waals surface area contributed by atoms with Gasteiger partial charge in [0.05, 0.1) is 5.71 Å². The zero-order chi connectivity index (χ0) is 21.3. The van der Waals surface area contributed by atoms with Crippen LogP contribution in [-0.2, 0) is 0 Å². The fraction of sp³-hybridized carbons (Fsp3) is 0.0417. The third-order valence-electron chi connectivity index (χ3n) is 4.14. The van der Waals surface area contributed by atoms with Crippen molar-refractivity contribution >= 4 is 29.3 Å². The SMILES string of the molecule is CC(/C=C/c1ccccc1)=NNC(=O)c1cccc(NC(=O)c2ccc(F)cc2)c1. The maximum atomic E-state index is 13.0. The number of hydrogen-bond donors (Lipinski definition) is 2. The first-order valence-electron chi connectivity index (χ1n) is 9.26. The second-order valence-electron chi connectivity index (χ2n) is 6.48. The summed E-state index contributed by atoms with van der Waals surface area (Å²) in [5, 5.41) is 6.76. The molecule has 0 saturated heterocycles. The van der Waals surface area contributed by atoms with Crippen molar-refractivity contribution in [3.05, 3.63) is 107 Å². The van der Waals surface area contributed by atoms with Crippen molar-refractivity contribution in [3.63, 3.8) is 0 Å². The van der Waals surface area contributed by atoms with E-state index in [1.165, 1.54) is 24.3 Å². The maximum absolute atomic E-state index is 13.0. The van der Waals surface area contributed by atoms with Crippen LogP contribution in [0.15, 0.2) is 90.0 Å². The van der Waals surface area contributed by atoms with E-state index >= 15 is 0 Å². The first-order chi connectivity index (χ1) is 14.5. The highest BCUT2D eigenvalue weighted by atomic mass is 19.1. The van der Waals surface area contributed by atoms with Crippen LogP contribution >= 0.6 is 0 Å². The largest absolute Gasteiger partial charge is 0.322 e. The molecule has 0 aliphatic carbocycles. The van der Waals surface area contributed by atoms with E-state index in [9.17, 15) is 14.0 Å². The lowest BCUT2D eigenvalue weighted by molar-refractivity contribution is 0.0953. The number of benzene rings is 3. The van der Waals surface area contributed by atoms with E-state index < -0.39 is 17.6 Å². The number of hydrazone groups is 1. The Bertz CT molecular complexity index is 1090. The molecule has 3 aromatic rings. The molecule has 3 aromatic carbocycles. The number of anilines is 1. The van der Waals surface area contributed by atoms with Crippen LogP contribution < -0.4 is 10.7 Å². The van der Waals surface area contributed by atoms with Gasteiger partial charge in [0, 0.05) is 16.8 Å². The fourth-order valence-corrected chi connectivity index (χ4v) is 2.56. The first-order valence-corrected chi connectivity index (χ1v) is 9.26. The summed E-state index contributed by atoms with van der Waals surface area (Å²) in [6.45, 7) is 1.78. The van der Waals surface area contributed by atoms with Gasteiger partial charge >= 0.3 is 0 Å². The Kier molecular flexibility index (Phi) is 6.84. The lowest BCUT2D eigenvalue weighted by Gasteiger charge is -2.07. The number of carbonyl (C=O) groups excluding carboxylic acids is 2. The van der Waals surface area contributed by atoms with Gasteiger partial charge in [-0.05, 0) is 61.0 Å². The smallest absolute Gasteiger partial charge is 0.271 e. The van der Waals surface area contributed by atoms with Gasteiger partial charge in [-0.2, -0.15) is 5.10 Å². The normalized spacial score (nSPS) is 11.3. The van der Waals surface area contributed by atoms with Gasteiger partial charge in [0.1, 0.15) is 5.82 Å². The quantitative estimate of drug-likeness (QED) is 0.456. The lowest BCUT2D eigenvalue weighted by atomic mass is 10.1. The Morgan fingerprint density at radius 2 is 1.60 bits per heavy atom. The van der Waals surface area contributed by atoms with Crippen LogP contribution in [0, 0.1) is 5.82 Å². The maximum Gasteiger partial charge on any atom is 0.271 e. The van der Waals surface area contributed by atoms with Gasteiger partial charge in [-0.1, -0.05) is 42.5 Å². The third-order valence-corrected chi connectivity index (χ3v) is 4.14. The highest BCUT2D eigenvalue weighted by Gasteiger charge is 2.09. The fourth-order valence-electron chi connectivity index (χ4n) is 2.56. The number of rotatable bonds is 6. The van der Waals surface area contributed by atoms with Gasteiger partial charge in [0.2, 0.25) is 0 Å². The molecule has 5 nitrogen and oxygen atoms in total. The summed E-state index contributed by atoms with van der Waals surface area (Å²) in [4.78, 5) is 24.6. The highest BCUT2D eigenvalue weighted by Crippen LogP contribution is 2.13. The molecule has 2 N–H and O–H groups in total. The molecule has 30 heavy (non-hydrogen) atoms. The van der Waals surface area contributed by atoms with E-state index in [0.29, 0.717) is 22.5 Å². The highest BCUT2D eigenvalue weighted by molar-refractivity contribution is 6.05. The van der Waals surface area contributed by atoms with Gasteiger partial charge in [-0.3, -0.25) is 9.59 Å². The van der Waals surface area contributed by atoms with Crippen LogP contribution in [0.5, 0.6) is 0 Å². The standard InChI is InChI=1S/C24H20FN3O2/c1-17(10-11-18-6-3-2-4-7-18)27-28-24(30)20-8-5-9-22(16-20)26-23(29)19-12-14-21(25)15-13-19/h2-16H,1H3,(H,26,29)(H,28,30)/b11-10+,27-17?. The minimum absolute atomic E-state index is 0.316. The molecule has 0 radical (unpaired) electrons. The molecule has 0 bridgehead atoms. The number of nitrogens with one attached hydrogen (secondary N) is 2. The van der Waals surface area contributed by atoms with Crippen LogP contribution in [-0.4, -0.2) is 17.5 Å². The van der Waals surface area contributed by atoms with E-state index in [1.54, 1.807) is 37.3 Å². The molecule has 0 spiro atoms. The topological polar surface area (TPSA) is 70.6 Å². The van der Waals surface area contributed by atoms with E-state index in [2.05, 4.69) is 15.8 Å². The predicted octanol–water partition coefficient (Wildman–Crippen LogP) is 4.90. The summed E-state index contributed by atoms with van der Waals surface area (Å²) in [6.07, 6.45) is 3.70. The van der Waals surface area contributed by atoms with Crippen molar-refractivity contribution in [3.8, 4) is 0 Å². The molecule has 0 atom stereocenters. The summed E-state index contributed by atoms with van der Waals surface area (Å²) in [7, 11) is 0. The molecular formula is C24H20FN3O2. The summed E-state index contributed by atoms with van der Waals surface area (Å²) >= 11 is 0. The summed E-state index contributed by atoms with van der Waals surface area (Å²) in [6, 6.07) is 21.4. The van der Waals surface area contributed by atoms with E-state index in [4.69, 9.17) is 0 Å². The monoisotopic (exact) mass is 401 g/mol. The Morgan fingerprint density at radius 3 is 2.33 bits per heavy atom. The van der Waals surface area contributed by atoms with Crippen LogP contribution in [0.1, 0.15) is 33.2 Å². The Labute approximate surface area is 173 Å². The minimum atomic E-state index is -0.417. The van der Waals surface area contributed by atoms with Crippen LogP contribution in [0.3, 0.4) is 0 Å². The average molecular weight is 401 g/mol. The average Bonchev–Trinajstić information content (AvgIpc) is 2.77. The number of amides is 2. The second-order valence-corrected chi connectivity index (χ2v) is 6.48. The Balaban J connectivity index is 1.62. The molecule has 150 valence electrons. The molecule has 0 saturated carbocycles. The van der Waals surface area contributed by atoms with E-state index in [0.717, 1.165) is 5.56 Å². The van der Waals surface area contributed by atoms with Crippen LogP contribution in [0.2, 0.25) is 0 Å². The molecule has 0 heterocycles. The van der Waals surface area contributed by atoms with Crippen LogP contribution in [0.4, 0.5) is 10.1 Å². The van der Waals surface area contributed by atoms with Crippen molar-refractivity contribution < 1.29 is 14.0 Å². The van der Waals surface area contributed by atoms with Gasteiger partial charge in [0.25, 0.3) is 11.8 Å². The third kappa shape index (κ3) is 5.97. The molecule has 0 aliphatic rings. The summed E-state index contributed by atoms with van der Waals surface area (Å²) in [5.41, 5.74) is 5.27. The Morgan fingerprint density at radius 1 is 0.867 bits per heavy atom. The van der Waals surface area contributed by atoms with E-state index in [-0.39, 0.29) is 0 Å². The molecule has 3 rings (SSSR count). The molecule has 6 heteroatoms. The van der Waals surface area contributed by atoms with Gasteiger partial charge < -0.3 is 5.32 Å². The van der Waals surface area contributed by atoms with Gasteiger partial charge in [-0.25, -0.2) is 9.82 Å². The zero-order valence-corrected chi connectivity index (χ0v) is 16.3. The number of carbonyl (C=O) groups is 2. The minimum Gasteiger partial charge on any atom is -0.322 e. The number of hydrogen-bond acceptors (Lipinski definition) is 3. The van der Waals surface area contributed by atoms with Crippen molar-refractivity contribution in [2.75, 3.05) is 5.32 Å². The second kappa shape index (κ2) is 9.93. The zero-order valence-electron chi connectivity index (χ0n) is 16.3. The van der Waals surface area contributed by atoms with Gasteiger partial charge in [0.15, 0.2) is 0 Å². The number of halogens is 1. The van der Waals surface area contributed by atoms with Crippen LogP contribution in [0.25, 0.3) is 6.08 Å². The van der Waals surface area contributed by atoms with Crippen molar-refractivity contribution in [2.24, 2.45) is 5.10 Å². The summed E-state index contributed by atoms with van der Waals surface area (Å²) in [5.74, 6) is -1.22. The van der Waals surface area contributed by atoms with E-state index in [1.807, 2.05) is 36.4 Å². The molecule has 2 amide bonds. The van der Waals surface area contributed by atoms with Crippen molar-refractivity contribution in [1.82, 2.24) is 5.43 Å². The van der Waals surface area contributed by atoms with Gasteiger partial charge in [-0.15, -0.1) is 0 Å². The molecule has 0 unspecified atom stereocenters. The first kappa shape index (κ1) is 20.7. The number of allylic oxidation sites excluding steroid dienone is 1. The lowest BCUT2D eigenvalue weighted by Crippen LogP contribution is -2.19. The van der Waals surface area contributed by atoms with Crippen molar-refractivity contribution in [2.45, 2.75) is 6.92 Å².